The quantitative estimate of drug-likeness (QED) is 0.777. The minimum absolute atomic E-state index is 0.399. The maximum atomic E-state index is 12.5. The SMILES string of the molecule is CCCNC(CS(=O)Cc1ccccc1Cl)C1CCCC1. The van der Waals surface area contributed by atoms with Gasteiger partial charge in [-0.1, -0.05) is 49.6 Å². The fourth-order valence-corrected chi connectivity index (χ4v) is 4.89. The summed E-state index contributed by atoms with van der Waals surface area (Å²) in [4.78, 5) is 0. The third-order valence-corrected chi connectivity index (χ3v) is 6.00. The monoisotopic (exact) mass is 327 g/mol. The van der Waals surface area contributed by atoms with Crippen LogP contribution in [0.3, 0.4) is 0 Å². The molecule has 0 aliphatic heterocycles. The summed E-state index contributed by atoms with van der Waals surface area (Å²) in [6, 6.07) is 8.12. The van der Waals surface area contributed by atoms with Crippen molar-refractivity contribution in [3.63, 3.8) is 0 Å². The normalized spacial score (nSPS) is 18.8. The third-order valence-electron chi connectivity index (χ3n) is 4.27. The standard InChI is InChI=1S/C17H26ClNOS/c1-2-11-19-17(14-7-3-4-8-14)13-21(20)12-15-9-5-6-10-16(15)18/h5-6,9-10,14,17,19H,2-4,7-8,11-13H2,1H3. The van der Waals surface area contributed by atoms with E-state index in [0.717, 1.165) is 29.3 Å². The molecule has 1 N–H and O–H groups in total. The van der Waals surface area contributed by atoms with Crippen LogP contribution in [-0.2, 0) is 16.6 Å². The van der Waals surface area contributed by atoms with Crippen LogP contribution in [0.15, 0.2) is 24.3 Å². The molecule has 21 heavy (non-hydrogen) atoms. The summed E-state index contributed by atoms with van der Waals surface area (Å²) < 4.78 is 12.5. The summed E-state index contributed by atoms with van der Waals surface area (Å²) in [5.74, 6) is 2.01. The van der Waals surface area contributed by atoms with Crippen molar-refractivity contribution in [2.24, 2.45) is 5.92 Å². The van der Waals surface area contributed by atoms with Gasteiger partial charge in [0.05, 0.1) is 5.75 Å². The number of hydrogen-bond acceptors (Lipinski definition) is 2. The molecule has 1 aliphatic carbocycles. The zero-order valence-electron chi connectivity index (χ0n) is 12.8. The van der Waals surface area contributed by atoms with E-state index in [-0.39, 0.29) is 0 Å². The summed E-state index contributed by atoms with van der Waals surface area (Å²) >= 11 is 6.17. The third kappa shape index (κ3) is 5.39. The van der Waals surface area contributed by atoms with Crippen LogP contribution in [0.1, 0.15) is 44.6 Å². The lowest BCUT2D eigenvalue weighted by molar-refractivity contribution is 0.385. The van der Waals surface area contributed by atoms with Gasteiger partial charge in [-0.2, -0.15) is 0 Å². The van der Waals surface area contributed by atoms with Gasteiger partial charge in [0.15, 0.2) is 0 Å². The zero-order valence-corrected chi connectivity index (χ0v) is 14.4. The van der Waals surface area contributed by atoms with Gasteiger partial charge in [-0.25, -0.2) is 0 Å². The number of nitrogens with one attached hydrogen (secondary N) is 1. The molecule has 1 aromatic rings. The first-order valence-electron chi connectivity index (χ1n) is 8.02. The number of rotatable bonds is 8. The van der Waals surface area contributed by atoms with Crippen LogP contribution in [0, 0.1) is 5.92 Å². The van der Waals surface area contributed by atoms with E-state index in [1.165, 1.54) is 25.7 Å². The van der Waals surface area contributed by atoms with Crippen LogP contribution < -0.4 is 5.32 Å². The van der Waals surface area contributed by atoms with Crippen LogP contribution in [-0.4, -0.2) is 22.5 Å². The highest BCUT2D eigenvalue weighted by Crippen LogP contribution is 2.28. The molecule has 2 rings (SSSR count). The molecular weight excluding hydrogens is 302 g/mol. The maximum Gasteiger partial charge on any atom is 0.0501 e. The first-order chi connectivity index (χ1) is 10.2. The van der Waals surface area contributed by atoms with E-state index in [9.17, 15) is 4.21 Å². The van der Waals surface area contributed by atoms with Crippen molar-refractivity contribution >= 4 is 22.4 Å². The Morgan fingerprint density at radius 1 is 1.33 bits per heavy atom. The summed E-state index contributed by atoms with van der Waals surface area (Å²) in [5.41, 5.74) is 0.998. The van der Waals surface area contributed by atoms with E-state index >= 15 is 0 Å². The second-order valence-electron chi connectivity index (χ2n) is 5.95. The number of halogens is 1. The molecule has 0 amide bonds. The lowest BCUT2D eigenvalue weighted by atomic mass is 10.00. The Morgan fingerprint density at radius 2 is 2.05 bits per heavy atom. The molecule has 0 radical (unpaired) electrons. The minimum Gasteiger partial charge on any atom is -0.313 e. The molecule has 2 atom stereocenters. The molecule has 4 heteroatoms. The average Bonchev–Trinajstić information content (AvgIpc) is 3.00. The van der Waals surface area contributed by atoms with E-state index in [4.69, 9.17) is 11.6 Å². The van der Waals surface area contributed by atoms with E-state index in [1.807, 2.05) is 24.3 Å². The van der Waals surface area contributed by atoms with Crippen molar-refractivity contribution < 1.29 is 4.21 Å². The predicted octanol–water partition coefficient (Wildman–Crippen LogP) is 4.15. The van der Waals surface area contributed by atoms with Crippen molar-refractivity contribution in [1.82, 2.24) is 5.32 Å². The topological polar surface area (TPSA) is 29.1 Å². The molecule has 2 nitrogen and oxygen atoms in total. The van der Waals surface area contributed by atoms with Crippen LogP contribution in [0.5, 0.6) is 0 Å². The van der Waals surface area contributed by atoms with Crippen molar-refractivity contribution in [3.05, 3.63) is 34.9 Å². The first-order valence-corrected chi connectivity index (χ1v) is 9.89. The molecule has 0 bridgehead atoms. The molecule has 1 aliphatic rings. The number of hydrogen-bond donors (Lipinski definition) is 1. The van der Waals surface area contributed by atoms with Crippen LogP contribution >= 0.6 is 11.6 Å². The molecule has 1 saturated carbocycles. The molecule has 0 saturated heterocycles. The van der Waals surface area contributed by atoms with Gasteiger partial charge in [-0.3, -0.25) is 4.21 Å². The van der Waals surface area contributed by atoms with Gasteiger partial charge in [0.25, 0.3) is 0 Å². The van der Waals surface area contributed by atoms with E-state index in [1.54, 1.807) is 0 Å². The average molecular weight is 328 g/mol. The van der Waals surface area contributed by atoms with Gasteiger partial charge < -0.3 is 5.32 Å². The Morgan fingerprint density at radius 3 is 2.71 bits per heavy atom. The summed E-state index contributed by atoms with van der Waals surface area (Å²) in [6.07, 6.45) is 6.34. The van der Waals surface area contributed by atoms with Crippen molar-refractivity contribution in [2.75, 3.05) is 12.3 Å². The molecule has 0 heterocycles. The van der Waals surface area contributed by atoms with Gasteiger partial charge in [0.2, 0.25) is 0 Å². The lowest BCUT2D eigenvalue weighted by Gasteiger charge is -2.24. The van der Waals surface area contributed by atoms with Gasteiger partial charge in [-0.05, 0) is 43.4 Å². The maximum absolute atomic E-state index is 12.5. The molecule has 118 valence electrons. The van der Waals surface area contributed by atoms with Crippen molar-refractivity contribution in [2.45, 2.75) is 50.8 Å². The molecule has 1 fully saturated rings. The van der Waals surface area contributed by atoms with Crippen molar-refractivity contribution in [3.8, 4) is 0 Å². The van der Waals surface area contributed by atoms with Crippen LogP contribution in [0.4, 0.5) is 0 Å². The predicted molar refractivity (Wildman–Crippen MR) is 92.2 cm³/mol. The van der Waals surface area contributed by atoms with Gasteiger partial charge in [0, 0.05) is 27.6 Å². The summed E-state index contributed by atoms with van der Waals surface area (Å²) in [6.45, 7) is 3.20. The first kappa shape index (κ1) is 17.0. The van der Waals surface area contributed by atoms with Gasteiger partial charge in [-0.15, -0.1) is 0 Å². The lowest BCUT2D eigenvalue weighted by Crippen LogP contribution is -2.40. The highest BCUT2D eigenvalue weighted by Gasteiger charge is 2.26. The highest BCUT2D eigenvalue weighted by atomic mass is 35.5. The zero-order chi connectivity index (χ0) is 15.1. The Labute approximate surface area is 136 Å². The second-order valence-corrected chi connectivity index (χ2v) is 7.86. The molecule has 0 aromatic heterocycles. The Bertz CT molecular complexity index is 460. The Hall–Kier alpha value is -0.380. The number of benzene rings is 1. The van der Waals surface area contributed by atoms with Crippen molar-refractivity contribution in [1.29, 1.82) is 0 Å². The Kier molecular flexibility index (Phi) is 7.21. The van der Waals surface area contributed by atoms with E-state index < -0.39 is 10.8 Å². The molecular formula is C17H26ClNOS. The van der Waals surface area contributed by atoms with Gasteiger partial charge >= 0.3 is 0 Å². The largest absolute Gasteiger partial charge is 0.313 e. The fourth-order valence-electron chi connectivity index (χ4n) is 3.10. The summed E-state index contributed by atoms with van der Waals surface area (Å²) in [7, 11) is -0.858. The minimum atomic E-state index is -0.858. The van der Waals surface area contributed by atoms with Crippen LogP contribution in [0.2, 0.25) is 5.02 Å². The smallest absolute Gasteiger partial charge is 0.0501 e. The van der Waals surface area contributed by atoms with Gasteiger partial charge in [0.1, 0.15) is 0 Å². The Balaban J connectivity index is 1.92. The van der Waals surface area contributed by atoms with Crippen LogP contribution in [0.25, 0.3) is 0 Å². The van der Waals surface area contributed by atoms with E-state index in [2.05, 4.69) is 12.2 Å². The fraction of sp³-hybridized carbons (Fsp3) is 0.647. The molecule has 2 unspecified atom stereocenters. The summed E-state index contributed by atoms with van der Waals surface area (Å²) in [5, 5.41) is 4.34. The molecule has 1 aromatic carbocycles. The van der Waals surface area contributed by atoms with E-state index in [0.29, 0.717) is 17.7 Å². The highest BCUT2D eigenvalue weighted by molar-refractivity contribution is 7.84. The second kappa shape index (κ2) is 8.92. The molecule has 0 spiro atoms.